The van der Waals surface area contributed by atoms with Crippen LogP contribution in [0.4, 0.5) is 0 Å². The predicted molar refractivity (Wildman–Crippen MR) is 45.6 cm³/mol. The van der Waals surface area contributed by atoms with Crippen LogP contribution >= 0.6 is 0 Å². The Morgan fingerprint density at radius 2 is 2.33 bits per heavy atom. The molecule has 4 heteroatoms. The monoisotopic (exact) mass is 169 g/mol. The lowest BCUT2D eigenvalue weighted by Crippen LogP contribution is -2.67. The number of likely N-dealkylation sites (tertiary alicyclic amines) is 1. The molecule has 2 saturated heterocycles. The van der Waals surface area contributed by atoms with Gasteiger partial charge in [0.15, 0.2) is 0 Å². The second-order valence-electron chi connectivity index (χ2n) is 3.92. The predicted octanol–water partition coefficient (Wildman–Crippen LogP) is -1.09. The fourth-order valence-corrected chi connectivity index (χ4v) is 2.28. The molecule has 2 aliphatic rings. The van der Waals surface area contributed by atoms with Gasteiger partial charge in [-0.2, -0.15) is 0 Å². The molecular weight excluding hydrogens is 154 g/mol. The number of hydrogen-bond donors (Lipinski definition) is 2. The molecule has 0 unspecified atom stereocenters. The zero-order valence-corrected chi connectivity index (χ0v) is 7.18. The van der Waals surface area contributed by atoms with E-state index in [1.807, 2.05) is 0 Å². The van der Waals surface area contributed by atoms with Gasteiger partial charge in [-0.1, -0.05) is 0 Å². The van der Waals surface area contributed by atoms with Gasteiger partial charge in [0.05, 0.1) is 6.54 Å². The molecule has 12 heavy (non-hydrogen) atoms. The van der Waals surface area contributed by atoms with Crippen molar-refractivity contribution in [3.05, 3.63) is 0 Å². The average molecular weight is 169 g/mol. The van der Waals surface area contributed by atoms with Gasteiger partial charge in [-0.15, -0.1) is 0 Å². The molecule has 2 fully saturated rings. The summed E-state index contributed by atoms with van der Waals surface area (Å²) in [7, 11) is 0. The van der Waals surface area contributed by atoms with E-state index in [1.165, 1.54) is 12.8 Å². The van der Waals surface area contributed by atoms with Gasteiger partial charge in [-0.3, -0.25) is 9.69 Å². The van der Waals surface area contributed by atoms with Crippen LogP contribution in [0.5, 0.6) is 0 Å². The number of nitrogens with one attached hydrogen (secondary N) is 1. The second kappa shape index (κ2) is 2.71. The maximum absolute atomic E-state index is 10.6. The minimum atomic E-state index is -0.220. The van der Waals surface area contributed by atoms with Crippen molar-refractivity contribution in [3.8, 4) is 0 Å². The van der Waals surface area contributed by atoms with Crippen LogP contribution in [0.3, 0.4) is 0 Å². The summed E-state index contributed by atoms with van der Waals surface area (Å²) in [4.78, 5) is 12.7. The summed E-state index contributed by atoms with van der Waals surface area (Å²) in [6.45, 7) is 3.54. The molecule has 1 spiro atoms. The number of rotatable bonds is 2. The van der Waals surface area contributed by atoms with Crippen LogP contribution < -0.4 is 11.1 Å². The molecule has 2 aliphatic heterocycles. The molecule has 0 aromatic carbocycles. The SMILES string of the molecule is NC(=O)CN1CC2(CCCN2)C1. The molecule has 68 valence electrons. The van der Waals surface area contributed by atoms with Gasteiger partial charge in [0.1, 0.15) is 0 Å². The number of amides is 1. The first kappa shape index (κ1) is 8.01. The number of hydrogen-bond acceptors (Lipinski definition) is 3. The van der Waals surface area contributed by atoms with Crippen LogP contribution in [-0.2, 0) is 4.79 Å². The summed E-state index contributed by atoms with van der Waals surface area (Å²) in [5, 5.41) is 3.48. The van der Waals surface area contributed by atoms with Crippen LogP contribution in [0.2, 0.25) is 0 Å². The second-order valence-corrected chi connectivity index (χ2v) is 3.92. The minimum absolute atomic E-state index is 0.220. The minimum Gasteiger partial charge on any atom is -0.369 e. The zero-order valence-electron chi connectivity index (χ0n) is 7.18. The quantitative estimate of drug-likeness (QED) is 0.552. The number of nitrogens with two attached hydrogens (primary N) is 1. The molecule has 0 aromatic rings. The van der Waals surface area contributed by atoms with Crippen LogP contribution in [-0.4, -0.2) is 42.5 Å². The highest BCUT2D eigenvalue weighted by molar-refractivity contribution is 5.76. The Hall–Kier alpha value is -0.610. The van der Waals surface area contributed by atoms with E-state index in [2.05, 4.69) is 10.2 Å². The van der Waals surface area contributed by atoms with Gasteiger partial charge in [0, 0.05) is 18.6 Å². The first-order chi connectivity index (χ1) is 5.70. The van der Waals surface area contributed by atoms with Gasteiger partial charge in [0.25, 0.3) is 0 Å². The van der Waals surface area contributed by atoms with Crippen molar-refractivity contribution in [2.24, 2.45) is 5.73 Å². The molecule has 2 rings (SSSR count). The van der Waals surface area contributed by atoms with E-state index < -0.39 is 0 Å². The number of nitrogens with zero attached hydrogens (tertiary/aromatic N) is 1. The summed E-state index contributed by atoms with van der Waals surface area (Å²) in [5.41, 5.74) is 5.43. The third kappa shape index (κ3) is 1.32. The van der Waals surface area contributed by atoms with Gasteiger partial charge >= 0.3 is 0 Å². The Bertz CT molecular complexity index is 190. The molecule has 0 saturated carbocycles. The van der Waals surface area contributed by atoms with E-state index >= 15 is 0 Å². The van der Waals surface area contributed by atoms with E-state index in [1.54, 1.807) is 0 Å². The molecule has 2 heterocycles. The third-order valence-corrected chi connectivity index (χ3v) is 2.76. The summed E-state index contributed by atoms with van der Waals surface area (Å²) in [6.07, 6.45) is 2.52. The van der Waals surface area contributed by atoms with Crippen LogP contribution in [0, 0.1) is 0 Å². The van der Waals surface area contributed by atoms with E-state index in [-0.39, 0.29) is 5.91 Å². The van der Waals surface area contributed by atoms with Crippen LogP contribution in [0.15, 0.2) is 0 Å². The Balaban J connectivity index is 1.79. The lowest BCUT2D eigenvalue weighted by atomic mass is 9.88. The first-order valence-corrected chi connectivity index (χ1v) is 4.46. The Morgan fingerprint density at radius 3 is 2.83 bits per heavy atom. The highest BCUT2D eigenvalue weighted by Crippen LogP contribution is 2.29. The molecule has 0 bridgehead atoms. The standard InChI is InChI=1S/C8H15N3O/c9-7(12)4-11-5-8(6-11)2-1-3-10-8/h10H,1-6H2,(H2,9,12). The normalized spacial score (nSPS) is 27.3. The van der Waals surface area contributed by atoms with E-state index in [9.17, 15) is 4.79 Å². The lowest BCUT2D eigenvalue weighted by molar-refractivity contribution is -0.121. The highest BCUT2D eigenvalue weighted by Gasteiger charge is 2.44. The molecule has 0 aliphatic carbocycles. The summed E-state index contributed by atoms with van der Waals surface area (Å²) >= 11 is 0. The van der Waals surface area contributed by atoms with Crippen molar-refractivity contribution in [2.45, 2.75) is 18.4 Å². The zero-order chi connectivity index (χ0) is 8.60. The fraction of sp³-hybridized carbons (Fsp3) is 0.875. The van der Waals surface area contributed by atoms with Crippen molar-refractivity contribution >= 4 is 5.91 Å². The smallest absolute Gasteiger partial charge is 0.231 e. The molecule has 1 amide bonds. The van der Waals surface area contributed by atoms with Crippen molar-refractivity contribution in [2.75, 3.05) is 26.2 Å². The van der Waals surface area contributed by atoms with Crippen molar-refractivity contribution in [3.63, 3.8) is 0 Å². The van der Waals surface area contributed by atoms with Crippen LogP contribution in [0.25, 0.3) is 0 Å². The summed E-state index contributed by atoms with van der Waals surface area (Å²) in [6, 6.07) is 0. The molecule has 0 aromatic heterocycles. The molecule has 4 nitrogen and oxygen atoms in total. The fourth-order valence-electron chi connectivity index (χ4n) is 2.28. The molecule has 0 atom stereocenters. The first-order valence-electron chi connectivity index (χ1n) is 4.46. The van der Waals surface area contributed by atoms with E-state index in [0.29, 0.717) is 12.1 Å². The number of carbonyl (C=O) groups is 1. The molecule has 3 N–H and O–H groups in total. The van der Waals surface area contributed by atoms with Gasteiger partial charge in [0.2, 0.25) is 5.91 Å². The average Bonchev–Trinajstić information content (AvgIpc) is 2.33. The molecular formula is C8H15N3O. The van der Waals surface area contributed by atoms with Crippen LogP contribution in [0.1, 0.15) is 12.8 Å². The number of carbonyl (C=O) groups excluding carboxylic acids is 1. The maximum atomic E-state index is 10.6. The summed E-state index contributed by atoms with van der Waals surface area (Å²) < 4.78 is 0. The van der Waals surface area contributed by atoms with Crippen molar-refractivity contribution < 1.29 is 4.79 Å². The van der Waals surface area contributed by atoms with E-state index in [0.717, 1.165) is 19.6 Å². The van der Waals surface area contributed by atoms with E-state index in [4.69, 9.17) is 5.73 Å². The largest absolute Gasteiger partial charge is 0.369 e. The topological polar surface area (TPSA) is 58.4 Å². The maximum Gasteiger partial charge on any atom is 0.231 e. The Morgan fingerprint density at radius 1 is 1.58 bits per heavy atom. The third-order valence-electron chi connectivity index (χ3n) is 2.76. The van der Waals surface area contributed by atoms with Crippen molar-refractivity contribution in [1.82, 2.24) is 10.2 Å². The van der Waals surface area contributed by atoms with Gasteiger partial charge in [-0.25, -0.2) is 0 Å². The van der Waals surface area contributed by atoms with Gasteiger partial charge in [-0.05, 0) is 19.4 Å². The lowest BCUT2D eigenvalue weighted by Gasteiger charge is -2.47. The van der Waals surface area contributed by atoms with Crippen molar-refractivity contribution in [1.29, 1.82) is 0 Å². The summed E-state index contributed by atoms with van der Waals surface area (Å²) in [5.74, 6) is -0.220. The molecule has 0 radical (unpaired) electrons. The highest BCUT2D eigenvalue weighted by atomic mass is 16.1. The number of primary amides is 1. The Labute approximate surface area is 72.1 Å². The van der Waals surface area contributed by atoms with Gasteiger partial charge < -0.3 is 11.1 Å². The Kier molecular flexibility index (Phi) is 1.81.